The molecule has 3 saturated heterocycles. The maximum absolute atomic E-state index is 13.8. The summed E-state index contributed by atoms with van der Waals surface area (Å²) in [5.74, 6) is -0.0419. The first-order valence-corrected chi connectivity index (χ1v) is 19.8. The van der Waals surface area contributed by atoms with Crippen molar-refractivity contribution in [3.8, 4) is 0 Å². The summed E-state index contributed by atoms with van der Waals surface area (Å²) >= 11 is 0. The highest BCUT2D eigenvalue weighted by Gasteiger charge is 2.53. The molecule has 0 radical (unpaired) electrons. The topological polar surface area (TPSA) is 231 Å². The lowest BCUT2D eigenvalue weighted by Crippen LogP contribution is -2.59. The summed E-state index contributed by atoms with van der Waals surface area (Å²) in [5, 5.41) is 50.3. The molecule has 52 heavy (non-hydrogen) atoms. The molecule has 15 nitrogen and oxygen atoms in total. The molecule has 0 unspecified atom stereocenters. The van der Waals surface area contributed by atoms with Crippen LogP contribution in [0.4, 0.5) is 0 Å². The van der Waals surface area contributed by atoms with E-state index in [0.29, 0.717) is 19.4 Å². The Hall–Kier alpha value is -2.21. The van der Waals surface area contributed by atoms with Crippen molar-refractivity contribution in [1.29, 1.82) is 0 Å². The zero-order valence-corrected chi connectivity index (χ0v) is 31.1. The third-order valence-electron chi connectivity index (χ3n) is 10.9. The summed E-state index contributed by atoms with van der Waals surface area (Å²) < 4.78 is 19.1. The number of aromatic amines is 1. The number of aromatic nitrogens is 2. The number of hydrogen-bond donors (Lipinski definition) is 8. The Bertz CT molecular complexity index is 1300. The molecule has 3 aliphatic rings. The van der Waals surface area contributed by atoms with Crippen LogP contribution < -0.4 is 27.6 Å². The van der Waals surface area contributed by atoms with E-state index in [9.17, 15) is 34.8 Å². The minimum Gasteiger partial charge on any atom is -0.387 e. The predicted molar refractivity (Wildman–Crippen MR) is 194 cm³/mol. The maximum atomic E-state index is 13.8. The minimum atomic E-state index is -1.58. The molecule has 4 rings (SSSR count). The first-order chi connectivity index (χ1) is 25.1. The highest BCUT2D eigenvalue weighted by Crippen LogP contribution is 2.35. The van der Waals surface area contributed by atoms with Crippen LogP contribution in [0.3, 0.4) is 0 Å². The van der Waals surface area contributed by atoms with Gasteiger partial charge >= 0.3 is 5.69 Å². The maximum Gasteiger partial charge on any atom is 0.330 e. The molecule has 3 fully saturated rings. The fourth-order valence-corrected chi connectivity index (χ4v) is 7.79. The number of ether oxygens (including phenoxy) is 3. The van der Waals surface area contributed by atoms with E-state index < -0.39 is 72.5 Å². The van der Waals surface area contributed by atoms with Gasteiger partial charge in [0.1, 0.15) is 42.7 Å². The minimum absolute atomic E-state index is 0.0405. The summed E-state index contributed by atoms with van der Waals surface area (Å²) in [6, 6.07) is 0.293. The molecule has 298 valence electrons. The van der Waals surface area contributed by atoms with Gasteiger partial charge in [-0.25, -0.2) is 4.79 Å². The summed E-state index contributed by atoms with van der Waals surface area (Å²) in [6.45, 7) is 4.82. The van der Waals surface area contributed by atoms with E-state index in [0.717, 1.165) is 49.2 Å². The average molecular weight is 740 g/mol. The van der Waals surface area contributed by atoms with Crippen molar-refractivity contribution in [1.82, 2.24) is 20.2 Å². The number of carbonyl (C=O) groups is 1. The Kier molecular flexibility index (Phi) is 17.7. The summed E-state index contributed by atoms with van der Waals surface area (Å²) in [5.41, 5.74) is 4.27. The van der Waals surface area contributed by atoms with E-state index >= 15 is 0 Å². The molecule has 0 aliphatic carbocycles. The molecule has 9 N–H and O–H groups in total. The van der Waals surface area contributed by atoms with E-state index in [-0.39, 0.29) is 24.4 Å². The van der Waals surface area contributed by atoms with Crippen LogP contribution in [-0.2, 0) is 19.0 Å². The largest absolute Gasteiger partial charge is 0.387 e. The molecule has 1 aromatic heterocycles. The fourth-order valence-electron chi connectivity index (χ4n) is 7.79. The zero-order valence-electron chi connectivity index (χ0n) is 31.1. The molecule has 0 spiro atoms. The highest BCUT2D eigenvalue weighted by molar-refractivity contribution is 5.78. The van der Waals surface area contributed by atoms with Gasteiger partial charge in [0.2, 0.25) is 5.91 Å². The van der Waals surface area contributed by atoms with Gasteiger partial charge in [0.05, 0.1) is 0 Å². The van der Waals surface area contributed by atoms with E-state index in [1.807, 2.05) is 0 Å². The normalized spacial score (nSPS) is 31.3. The van der Waals surface area contributed by atoms with Gasteiger partial charge < -0.3 is 51.0 Å². The number of nitrogens with two attached hydrogens (primary N) is 1. The van der Waals surface area contributed by atoms with Crippen LogP contribution in [0.15, 0.2) is 21.9 Å². The Morgan fingerprint density at radius 2 is 1.56 bits per heavy atom. The van der Waals surface area contributed by atoms with Crippen molar-refractivity contribution in [2.75, 3.05) is 13.1 Å². The Balaban J connectivity index is 1.48. The van der Waals surface area contributed by atoms with Gasteiger partial charge in [0.25, 0.3) is 5.56 Å². The van der Waals surface area contributed by atoms with Gasteiger partial charge in [0.15, 0.2) is 12.5 Å². The summed E-state index contributed by atoms with van der Waals surface area (Å²) in [7, 11) is 0. The summed E-state index contributed by atoms with van der Waals surface area (Å²) in [4.78, 5) is 40.2. The lowest BCUT2D eigenvalue weighted by molar-refractivity contribution is -0.228. The van der Waals surface area contributed by atoms with Crippen molar-refractivity contribution in [3.63, 3.8) is 0 Å². The van der Waals surface area contributed by atoms with Gasteiger partial charge in [-0.05, 0) is 32.2 Å². The number of amides is 1. The lowest BCUT2D eigenvalue weighted by atomic mass is 9.89. The van der Waals surface area contributed by atoms with Crippen LogP contribution in [-0.4, -0.2) is 110 Å². The number of nitrogens with zero attached hydrogens (tertiary/aromatic N) is 1. The van der Waals surface area contributed by atoms with Crippen LogP contribution in [0.1, 0.15) is 123 Å². The molecule has 1 amide bonds. The first-order valence-electron chi connectivity index (χ1n) is 19.8. The SMILES string of the molecule is CCCCCCCCC(CCCCCCCC)C(=O)N[C@@H]1CCN[C@@H]([C@H](O[C@@H]2O[C@H](CN)[C@@H](O)[C@H]2O)[C@H]2O[C@@H](n3ccc(=O)[nH]c3=O)[C@H](O)[C@@H]2O)C1. The number of piperidine rings is 1. The van der Waals surface area contributed by atoms with Gasteiger partial charge in [-0.2, -0.15) is 0 Å². The van der Waals surface area contributed by atoms with Gasteiger partial charge in [-0.1, -0.05) is 90.9 Å². The second-order valence-corrected chi connectivity index (χ2v) is 15.0. The smallest absolute Gasteiger partial charge is 0.330 e. The molecule has 15 heteroatoms. The Morgan fingerprint density at radius 3 is 2.15 bits per heavy atom. The number of aliphatic hydroxyl groups excluding tert-OH is 4. The molecule has 3 aliphatic heterocycles. The number of H-pyrrole nitrogens is 1. The lowest BCUT2D eigenvalue weighted by Gasteiger charge is -2.40. The first kappa shape index (κ1) is 42.5. The van der Waals surface area contributed by atoms with Gasteiger partial charge in [0, 0.05) is 36.8 Å². The molecular formula is C37H65N5O10. The van der Waals surface area contributed by atoms with E-state index in [1.165, 1.54) is 57.6 Å². The zero-order chi connectivity index (χ0) is 37.6. The van der Waals surface area contributed by atoms with Gasteiger partial charge in [-0.3, -0.25) is 19.1 Å². The van der Waals surface area contributed by atoms with Gasteiger partial charge in [-0.15, -0.1) is 0 Å². The number of nitrogens with one attached hydrogen (secondary N) is 3. The Labute approximate surface area is 307 Å². The predicted octanol–water partition coefficient (Wildman–Crippen LogP) is 1.30. The van der Waals surface area contributed by atoms with E-state index in [4.69, 9.17) is 19.9 Å². The highest BCUT2D eigenvalue weighted by atomic mass is 16.7. The molecule has 11 atom stereocenters. The second kappa shape index (κ2) is 21.6. The van der Waals surface area contributed by atoms with Crippen molar-refractivity contribution >= 4 is 5.91 Å². The van der Waals surface area contributed by atoms with Crippen molar-refractivity contribution in [3.05, 3.63) is 33.1 Å². The third kappa shape index (κ3) is 11.6. The summed E-state index contributed by atoms with van der Waals surface area (Å²) in [6.07, 6.45) is 5.96. The number of hydrogen-bond acceptors (Lipinski definition) is 12. The van der Waals surface area contributed by atoms with Crippen LogP contribution in [0.2, 0.25) is 0 Å². The number of aliphatic hydroxyl groups is 4. The third-order valence-corrected chi connectivity index (χ3v) is 10.9. The molecule has 0 aromatic carbocycles. The van der Waals surface area contributed by atoms with E-state index in [2.05, 4.69) is 29.5 Å². The molecule has 0 bridgehead atoms. The van der Waals surface area contributed by atoms with Crippen LogP contribution in [0.25, 0.3) is 0 Å². The molecule has 4 heterocycles. The molecule has 0 saturated carbocycles. The van der Waals surface area contributed by atoms with Crippen LogP contribution in [0.5, 0.6) is 0 Å². The number of rotatable bonds is 22. The van der Waals surface area contributed by atoms with E-state index in [1.54, 1.807) is 0 Å². The van der Waals surface area contributed by atoms with Crippen molar-refractivity contribution in [2.45, 2.75) is 184 Å². The number of unbranched alkanes of at least 4 members (excludes halogenated alkanes) is 10. The fraction of sp³-hybridized carbons (Fsp3) is 0.865. The van der Waals surface area contributed by atoms with Crippen molar-refractivity contribution < 1.29 is 39.4 Å². The Morgan fingerprint density at radius 1 is 0.923 bits per heavy atom. The average Bonchev–Trinajstić information content (AvgIpc) is 3.57. The second-order valence-electron chi connectivity index (χ2n) is 15.0. The molecule has 1 aromatic rings. The van der Waals surface area contributed by atoms with Crippen molar-refractivity contribution in [2.24, 2.45) is 11.7 Å². The quantitative estimate of drug-likeness (QED) is 0.0787. The number of carbonyl (C=O) groups excluding carboxylic acids is 1. The monoisotopic (exact) mass is 739 g/mol. The standard InChI is InChI=1S/C37H65N5O10/c1-3-5-7-9-11-13-15-23(16-14-12-10-8-6-4-2)34(48)40-24-17-19-39-25(21-24)32(52-36-31(47)28(44)26(22-38)50-36)33-29(45)30(46)35(51-33)42-20-18-27(43)41-37(42)49/h18,20,23-26,28-33,35-36,39,44-47H,3-17,19,21-22,38H2,1-2H3,(H,40,48)(H,41,43,49)/t24-,25-,26-,28-,29+,30-,31-,32+,33+,35-,36+/m1/s1. The van der Waals surface area contributed by atoms with Crippen LogP contribution in [0, 0.1) is 5.92 Å². The van der Waals surface area contributed by atoms with Crippen LogP contribution >= 0.6 is 0 Å². The molecular weight excluding hydrogens is 674 g/mol.